The summed E-state index contributed by atoms with van der Waals surface area (Å²) in [5, 5.41) is 3.26. The molecule has 0 saturated carbocycles. The summed E-state index contributed by atoms with van der Waals surface area (Å²) in [7, 11) is 1.54. The van der Waals surface area contributed by atoms with E-state index in [-0.39, 0.29) is 0 Å². The van der Waals surface area contributed by atoms with Gasteiger partial charge in [0.05, 0.1) is 13.2 Å². The molecule has 0 bridgehead atoms. The molecule has 1 saturated heterocycles. The number of nitrogens with one attached hydrogen (secondary N) is 1. The van der Waals surface area contributed by atoms with E-state index in [4.69, 9.17) is 15.2 Å². The number of aromatic nitrogens is 2. The van der Waals surface area contributed by atoms with Crippen LogP contribution < -0.4 is 15.8 Å². The molecule has 0 radical (unpaired) electrons. The predicted molar refractivity (Wildman–Crippen MR) is 69.6 cm³/mol. The number of nitrogens with two attached hydrogens (primary N) is 1. The number of rotatable bonds is 5. The minimum atomic E-state index is 0.336. The fourth-order valence-corrected chi connectivity index (χ4v) is 2.29. The van der Waals surface area contributed by atoms with Gasteiger partial charge in [0.15, 0.2) is 5.82 Å². The maximum absolute atomic E-state index is 5.90. The van der Waals surface area contributed by atoms with Crippen molar-refractivity contribution >= 4 is 11.5 Å². The molecule has 6 heteroatoms. The smallest absolute Gasteiger partial charge is 0.242 e. The molecule has 0 aliphatic carbocycles. The van der Waals surface area contributed by atoms with E-state index in [1.54, 1.807) is 7.11 Å². The fourth-order valence-electron chi connectivity index (χ4n) is 2.29. The number of anilines is 2. The molecular weight excluding hydrogens is 232 g/mol. The molecule has 0 amide bonds. The third kappa shape index (κ3) is 2.64. The molecule has 1 fully saturated rings. The molecule has 100 valence electrons. The highest BCUT2D eigenvalue weighted by Crippen LogP contribution is 2.27. The SMILES string of the molecule is CCC1OCCC1CNc1ncnc(OC)c1N. The Labute approximate surface area is 107 Å². The second-order valence-electron chi connectivity index (χ2n) is 4.39. The van der Waals surface area contributed by atoms with Crippen molar-refractivity contribution < 1.29 is 9.47 Å². The van der Waals surface area contributed by atoms with Crippen LogP contribution in [0.15, 0.2) is 6.33 Å². The largest absolute Gasteiger partial charge is 0.479 e. The molecule has 1 aliphatic heterocycles. The van der Waals surface area contributed by atoms with E-state index in [2.05, 4.69) is 22.2 Å². The first-order valence-corrected chi connectivity index (χ1v) is 6.26. The van der Waals surface area contributed by atoms with Gasteiger partial charge < -0.3 is 20.5 Å². The number of ether oxygens (including phenoxy) is 2. The molecule has 0 spiro atoms. The van der Waals surface area contributed by atoms with Gasteiger partial charge in [0, 0.05) is 19.1 Å². The zero-order chi connectivity index (χ0) is 13.0. The lowest BCUT2D eigenvalue weighted by Gasteiger charge is -2.18. The van der Waals surface area contributed by atoms with Crippen LogP contribution in [0.2, 0.25) is 0 Å². The molecule has 3 N–H and O–H groups in total. The normalized spacial score (nSPS) is 23.0. The second-order valence-corrected chi connectivity index (χ2v) is 4.39. The Morgan fingerprint density at radius 1 is 1.56 bits per heavy atom. The molecule has 2 atom stereocenters. The van der Waals surface area contributed by atoms with Crippen LogP contribution in [0.5, 0.6) is 5.88 Å². The molecule has 18 heavy (non-hydrogen) atoms. The van der Waals surface area contributed by atoms with Gasteiger partial charge >= 0.3 is 0 Å². The first kappa shape index (κ1) is 12.9. The summed E-state index contributed by atoms with van der Waals surface area (Å²) in [5.74, 6) is 1.54. The Morgan fingerprint density at radius 3 is 3.11 bits per heavy atom. The maximum atomic E-state index is 5.90. The highest BCUT2D eigenvalue weighted by Gasteiger charge is 2.26. The summed E-state index contributed by atoms with van der Waals surface area (Å²) in [6.07, 6.45) is 3.89. The van der Waals surface area contributed by atoms with E-state index in [9.17, 15) is 0 Å². The van der Waals surface area contributed by atoms with Gasteiger partial charge in [0.1, 0.15) is 12.0 Å². The van der Waals surface area contributed by atoms with Gasteiger partial charge in [-0.15, -0.1) is 0 Å². The van der Waals surface area contributed by atoms with Crippen molar-refractivity contribution in [3.63, 3.8) is 0 Å². The molecule has 6 nitrogen and oxygen atoms in total. The van der Waals surface area contributed by atoms with Crippen LogP contribution in [0, 0.1) is 5.92 Å². The number of hydrogen-bond donors (Lipinski definition) is 2. The van der Waals surface area contributed by atoms with Crippen LogP contribution >= 0.6 is 0 Å². The third-order valence-corrected chi connectivity index (χ3v) is 3.32. The van der Waals surface area contributed by atoms with Crippen LogP contribution in [-0.4, -0.2) is 36.3 Å². The molecule has 1 aromatic rings. The summed E-state index contributed by atoms with van der Waals surface area (Å²) in [5.41, 5.74) is 6.35. The van der Waals surface area contributed by atoms with E-state index in [0.717, 1.165) is 26.0 Å². The van der Waals surface area contributed by atoms with Crippen molar-refractivity contribution in [3.8, 4) is 5.88 Å². The van der Waals surface area contributed by atoms with Crippen molar-refractivity contribution in [2.24, 2.45) is 5.92 Å². The molecule has 2 heterocycles. The van der Waals surface area contributed by atoms with Crippen LogP contribution in [0.4, 0.5) is 11.5 Å². The quantitative estimate of drug-likeness (QED) is 0.821. The molecule has 2 unspecified atom stereocenters. The predicted octanol–water partition coefficient (Wildman–Crippen LogP) is 1.29. The van der Waals surface area contributed by atoms with Crippen LogP contribution in [-0.2, 0) is 4.74 Å². The molecule has 0 aromatic carbocycles. The lowest BCUT2D eigenvalue weighted by molar-refractivity contribution is 0.0900. The summed E-state index contributed by atoms with van der Waals surface area (Å²) in [4.78, 5) is 8.08. The summed E-state index contributed by atoms with van der Waals surface area (Å²) in [6, 6.07) is 0. The van der Waals surface area contributed by atoms with Gasteiger partial charge in [-0.1, -0.05) is 6.92 Å². The Kier molecular flexibility index (Phi) is 4.19. The lowest BCUT2D eigenvalue weighted by Crippen LogP contribution is -2.23. The highest BCUT2D eigenvalue weighted by atomic mass is 16.5. The van der Waals surface area contributed by atoms with Crippen molar-refractivity contribution in [2.75, 3.05) is 31.3 Å². The molecule has 1 aromatic heterocycles. The number of nitrogens with zero attached hydrogens (tertiary/aromatic N) is 2. The van der Waals surface area contributed by atoms with E-state index in [1.165, 1.54) is 6.33 Å². The number of methoxy groups -OCH3 is 1. The minimum absolute atomic E-state index is 0.336. The summed E-state index contributed by atoms with van der Waals surface area (Å²) < 4.78 is 10.7. The zero-order valence-electron chi connectivity index (χ0n) is 10.8. The Bertz CT molecular complexity index is 400. The van der Waals surface area contributed by atoms with Crippen LogP contribution in [0.25, 0.3) is 0 Å². The van der Waals surface area contributed by atoms with Crippen molar-refractivity contribution in [2.45, 2.75) is 25.9 Å². The van der Waals surface area contributed by atoms with Gasteiger partial charge in [0.2, 0.25) is 5.88 Å². The van der Waals surface area contributed by atoms with Gasteiger partial charge in [-0.05, 0) is 12.8 Å². The Balaban J connectivity index is 1.98. The first-order chi connectivity index (χ1) is 8.76. The standard InChI is InChI=1S/C12H20N4O2/c1-3-9-8(4-5-18-9)6-14-11-10(13)12(17-2)16-7-15-11/h7-9H,3-6,13H2,1-2H3,(H,14,15,16). The van der Waals surface area contributed by atoms with Crippen LogP contribution in [0.1, 0.15) is 19.8 Å². The fraction of sp³-hybridized carbons (Fsp3) is 0.667. The Hall–Kier alpha value is -1.56. The van der Waals surface area contributed by atoms with Gasteiger partial charge in [-0.25, -0.2) is 4.98 Å². The Morgan fingerprint density at radius 2 is 2.39 bits per heavy atom. The van der Waals surface area contributed by atoms with E-state index in [1.807, 2.05) is 0 Å². The van der Waals surface area contributed by atoms with Crippen LogP contribution in [0.3, 0.4) is 0 Å². The summed E-state index contributed by atoms with van der Waals surface area (Å²) >= 11 is 0. The number of hydrogen-bond acceptors (Lipinski definition) is 6. The van der Waals surface area contributed by atoms with Gasteiger partial charge in [-0.3, -0.25) is 0 Å². The highest BCUT2D eigenvalue weighted by molar-refractivity contribution is 5.66. The third-order valence-electron chi connectivity index (χ3n) is 3.32. The molecule has 1 aliphatic rings. The zero-order valence-corrected chi connectivity index (χ0v) is 10.8. The van der Waals surface area contributed by atoms with E-state index < -0.39 is 0 Å². The lowest BCUT2D eigenvalue weighted by atomic mass is 10.00. The van der Waals surface area contributed by atoms with Gasteiger partial charge in [0.25, 0.3) is 0 Å². The monoisotopic (exact) mass is 252 g/mol. The van der Waals surface area contributed by atoms with Crippen molar-refractivity contribution in [1.82, 2.24) is 9.97 Å². The molecular formula is C12H20N4O2. The second kappa shape index (κ2) is 5.86. The maximum Gasteiger partial charge on any atom is 0.242 e. The first-order valence-electron chi connectivity index (χ1n) is 6.26. The minimum Gasteiger partial charge on any atom is -0.479 e. The summed E-state index contributed by atoms with van der Waals surface area (Å²) in [6.45, 7) is 3.79. The van der Waals surface area contributed by atoms with Crippen molar-refractivity contribution in [3.05, 3.63) is 6.33 Å². The van der Waals surface area contributed by atoms with E-state index >= 15 is 0 Å². The molecule has 2 rings (SSSR count). The van der Waals surface area contributed by atoms with Gasteiger partial charge in [-0.2, -0.15) is 4.98 Å². The number of nitrogen functional groups attached to an aromatic ring is 1. The average molecular weight is 252 g/mol. The topological polar surface area (TPSA) is 82.3 Å². The average Bonchev–Trinajstić information content (AvgIpc) is 2.85. The van der Waals surface area contributed by atoms with E-state index in [0.29, 0.717) is 29.4 Å². The van der Waals surface area contributed by atoms with Crippen molar-refractivity contribution in [1.29, 1.82) is 0 Å².